The van der Waals surface area contributed by atoms with Crippen molar-refractivity contribution in [3.63, 3.8) is 0 Å². The topological polar surface area (TPSA) is 104 Å². The van der Waals surface area contributed by atoms with E-state index in [-0.39, 0.29) is 24.3 Å². The van der Waals surface area contributed by atoms with Gasteiger partial charge in [0, 0.05) is 48.8 Å². The minimum absolute atomic E-state index is 0.0811. The Labute approximate surface area is 232 Å². The molecule has 2 amide bonds. The second-order valence-corrected chi connectivity index (χ2v) is 11.6. The van der Waals surface area contributed by atoms with Crippen LogP contribution in [0.25, 0.3) is 22.4 Å². The number of hydrogen-bond acceptors (Lipinski definition) is 6. The summed E-state index contributed by atoms with van der Waals surface area (Å²) >= 11 is 1.42. The predicted molar refractivity (Wildman–Crippen MR) is 152 cm³/mol. The highest BCUT2D eigenvalue weighted by Crippen LogP contribution is 2.40. The molecule has 2 aliphatic carbocycles. The molecule has 1 N–H and O–H groups in total. The summed E-state index contributed by atoms with van der Waals surface area (Å²) < 4.78 is 0. The Morgan fingerprint density at radius 3 is 2.36 bits per heavy atom. The van der Waals surface area contributed by atoms with E-state index in [0.717, 1.165) is 60.9 Å². The summed E-state index contributed by atoms with van der Waals surface area (Å²) in [5, 5.41) is 12.1. The quantitative estimate of drug-likeness (QED) is 0.348. The first-order valence-corrected chi connectivity index (χ1v) is 14.5. The lowest BCUT2D eigenvalue weighted by Gasteiger charge is -2.26. The van der Waals surface area contributed by atoms with Crippen molar-refractivity contribution in [3.05, 3.63) is 53.7 Å². The van der Waals surface area contributed by atoms with Crippen LogP contribution in [0.5, 0.6) is 0 Å². The fourth-order valence-corrected chi connectivity index (χ4v) is 6.36. The molecule has 0 radical (unpaired) electrons. The second-order valence-electron chi connectivity index (χ2n) is 10.8. The number of carbonyl (C=O) groups excluding carboxylic acids is 2. The van der Waals surface area contributed by atoms with Crippen LogP contribution in [0, 0.1) is 11.8 Å². The average Bonchev–Trinajstić information content (AvgIpc) is 3.40. The van der Waals surface area contributed by atoms with Crippen molar-refractivity contribution in [1.29, 1.82) is 0 Å². The van der Waals surface area contributed by atoms with Crippen LogP contribution in [-0.4, -0.2) is 57.9 Å². The van der Waals surface area contributed by atoms with Crippen molar-refractivity contribution < 1.29 is 19.5 Å². The van der Waals surface area contributed by atoms with Gasteiger partial charge in [-0.3, -0.25) is 24.3 Å². The van der Waals surface area contributed by atoms with Gasteiger partial charge in [0.2, 0.25) is 5.91 Å². The summed E-state index contributed by atoms with van der Waals surface area (Å²) in [5.41, 5.74) is 3.83. The first-order chi connectivity index (χ1) is 18.8. The molecule has 0 bridgehead atoms. The Bertz CT molecular complexity index is 1340. The maximum atomic E-state index is 13.8. The summed E-state index contributed by atoms with van der Waals surface area (Å²) in [7, 11) is 3.39. The van der Waals surface area contributed by atoms with Crippen molar-refractivity contribution >= 4 is 34.3 Å². The Morgan fingerprint density at radius 2 is 1.74 bits per heavy atom. The summed E-state index contributed by atoms with van der Waals surface area (Å²) in [6.07, 6.45) is 8.47. The highest BCUT2D eigenvalue weighted by molar-refractivity contribution is 7.14. The van der Waals surface area contributed by atoms with Gasteiger partial charge >= 0.3 is 5.97 Å². The van der Waals surface area contributed by atoms with Crippen LogP contribution >= 0.6 is 11.3 Å². The number of pyridine rings is 1. The van der Waals surface area contributed by atoms with Gasteiger partial charge in [0.15, 0.2) is 5.13 Å². The van der Waals surface area contributed by atoms with E-state index >= 15 is 0 Å². The number of carboxylic acids is 1. The van der Waals surface area contributed by atoms with Gasteiger partial charge in [-0.25, -0.2) is 4.98 Å². The van der Waals surface area contributed by atoms with Crippen LogP contribution < -0.4 is 4.90 Å². The summed E-state index contributed by atoms with van der Waals surface area (Å²) in [4.78, 5) is 50.3. The normalized spacial score (nSPS) is 16.2. The molecular weight excluding hydrogens is 512 g/mol. The molecule has 204 valence electrons. The minimum atomic E-state index is -0.928. The van der Waals surface area contributed by atoms with E-state index in [1.165, 1.54) is 16.2 Å². The fraction of sp³-hybridized carbons (Fsp3) is 0.433. The first-order valence-electron chi connectivity index (χ1n) is 13.6. The van der Waals surface area contributed by atoms with Crippen LogP contribution in [0.3, 0.4) is 0 Å². The molecule has 3 aromatic rings. The lowest BCUT2D eigenvalue weighted by atomic mass is 9.90. The maximum absolute atomic E-state index is 13.8. The molecule has 9 heteroatoms. The third-order valence-corrected chi connectivity index (χ3v) is 8.45. The van der Waals surface area contributed by atoms with Crippen LogP contribution in [0.15, 0.2) is 48.0 Å². The number of nitrogens with zero attached hydrogens (tertiary/aromatic N) is 4. The number of rotatable bonds is 10. The molecule has 2 fully saturated rings. The Morgan fingerprint density at radius 1 is 1.03 bits per heavy atom. The van der Waals surface area contributed by atoms with Crippen molar-refractivity contribution in [2.75, 3.05) is 19.0 Å². The number of thiazole rings is 1. The largest absolute Gasteiger partial charge is 0.481 e. The van der Waals surface area contributed by atoms with E-state index in [4.69, 9.17) is 4.98 Å². The number of amides is 2. The summed E-state index contributed by atoms with van der Waals surface area (Å²) in [6, 6.07) is 11.6. The SMILES string of the molecule is CN(C)C(=O)c1ccc(-c2ccccc2-c2csc(N(C(=O)C(CC(=O)O)CC3CCCC3)C3CC3)n2)cn1. The number of anilines is 1. The molecule has 1 unspecified atom stereocenters. The fourth-order valence-electron chi connectivity index (χ4n) is 5.46. The minimum Gasteiger partial charge on any atom is -0.481 e. The van der Waals surface area contributed by atoms with Gasteiger partial charge in [0.05, 0.1) is 12.1 Å². The smallest absolute Gasteiger partial charge is 0.304 e. The van der Waals surface area contributed by atoms with E-state index < -0.39 is 11.9 Å². The molecular formula is C30H34N4O4S. The van der Waals surface area contributed by atoms with Crippen LogP contribution in [0.2, 0.25) is 0 Å². The number of aliphatic carboxylic acids is 1. The molecule has 39 heavy (non-hydrogen) atoms. The molecule has 0 spiro atoms. The van der Waals surface area contributed by atoms with Gasteiger partial charge in [-0.2, -0.15) is 0 Å². The molecule has 1 atom stereocenters. The van der Waals surface area contributed by atoms with Gasteiger partial charge in [-0.1, -0.05) is 56.0 Å². The lowest BCUT2D eigenvalue weighted by Crippen LogP contribution is -2.39. The van der Waals surface area contributed by atoms with E-state index in [0.29, 0.717) is 23.2 Å². The van der Waals surface area contributed by atoms with Crippen molar-refractivity contribution in [2.45, 2.75) is 57.4 Å². The summed E-state index contributed by atoms with van der Waals surface area (Å²) in [6.45, 7) is 0. The number of benzene rings is 1. The van der Waals surface area contributed by atoms with Gasteiger partial charge in [-0.15, -0.1) is 11.3 Å². The summed E-state index contributed by atoms with van der Waals surface area (Å²) in [5.74, 6) is -1.29. The molecule has 2 aromatic heterocycles. The van der Waals surface area contributed by atoms with E-state index in [1.54, 1.807) is 31.3 Å². The molecule has 2 saturated carbocycles. The number of aromatic nitrogens is 2. The zero-order valence-electron chi connectivity index (χ0n) is 22.4. The lowest BCUT2D eigenvalue weighted by molar-refractivity contribution is -0.141. The van der Waals surface area contributed by atoms with Gasteiger partial charge in [0.25, 0.3) is 5.91 Å². The molecule has 8 nitrogen and oxygen atoms in total. The Balaban J connectivity index is 1.42. The molecule has 5 rings (SSSR count). The average molecular weight is 547 g/mol. The monoisotopic (exact) mass is 546 g/mol. The van der Waals surface area contributed by atoms with Crippen LogP contribution in [0.1, 0.15) is 61.9 Å². The molecule has 2 heterocycles. The van der Waals surface area contributed by atoms with E-state index in [2.05, 4.69) is 4.98 Å². The van der Waals surface area contributed by atoms with Crippen molar-refractivity contribution in [3.8, 4) is 22.4 Å². The highest BCUT2D eigenvalue weighted by atomic mass is 32.1. The second kappa shape index (κ2) is 11.7. The van der Waals surface area contributed by atoms with Crippen LogP contribution in [-0.2, 0) is 9.59 Å². The molecule has 1 aromatic carbocycles. The van der Waals surface area contributed by atoms with E-state index in [9.17, 15) is 19.5 Å². The van der Waals surface area contributed by atoms with Gasteiger partial charge in [0.1, 0.15) is 5.69 Å². The van der Waals surface area contributed by atoms with Crippen LogP contribution in [0.4, 0.5) is 5.13 Å². The third-order valence-electron chi connectivity index (χ3n) is 7.61. The molecule has 0 aliphatic heterocycles. The third kappa shape index (κ3) is 6.19. The van der Waals surface area contributed by atoms with E-state index in [1.807, 2.05) is 35.7 Å². The standard InChI is InChI=1S/C30H34N4O4S/c1-33(2)29(38)25-14-11-20(17-31-25)23-9-5-6-10-24(23)26-18-39-30(32-26)34(22-12-13-22)28(37)21(16-27(35)36)15-19-7-3-4-8-19/h5-6,9-11,14,17-19,21-22H,3-4,7-8,12-13,15-16H2,1-2H3,(H,35,36). The number of carboxylic acid groups (broad SMARTS) is 1. The zero-order valence-corrected chi connectivity index (χ0v) is 23.2. The highest BCUT2D eigenvalue weighted by Gasteiger charge is 2.40. The number of carbonyl (C=O) groups is 3. The zero-order chi connectivity index (χ0) is 27.5. The first kappa shape index (κ1) is 27.0. The van der Waals surface area contributed by atoms with Gasteiger partial charge < -0.3 is 10.0 Å². The molecule has 0 saturated heterocycles. The van der Waals surface area contributed by atoms with Crippen molar-refractivity contribution in [1.82, 2.24) is 14.9 Å². The van der Waals surface area contributed by atoms with Gasteiger partial charge in [-0.05, 0) is 36.8 Å². The Kier molecular flexibility index (Phi) is 8.07. The molecule has 2 aliphatic rings. The number of hydrogen-bond donors (Lipinski definition) is 1. The maximum Gasteiger partial charge on any atom is 0.304 e. The Hall–Kier alpha value is -3.59. The predicted octanol–water partition coefficient (Wildman–Crippen LogP) is 5.74. The van der Waals surface area contributed by atoms with Crippen molar-refractivity contribution in [2.24, 2.45) is 11.8 Å².